The number of nitrogens with one attached hydrogen (secondary N) is 2. The van der Waals surface area contributed by atoms with Crippen molar-refractivity contribution >= 4 is 16.8 Å². The van der Waals surface area contributed by atoms with Crippen molar-refractivity contribution in [1.82, 2.24) is 14.9 Å². The smallest absolute Gasteiger partial charge is 0.263 e. The fourth-order valence-corrected chi connectivity index (χ4v) is 3.42. The number of halogens is 1. The molecule has 7 heteroatoms. The van der Waals surface area contributed by atoms with Crippen LogP contribution in [-0.4, -0.2) is 35.7 Å². The van der Waals surface area contributed by atoms with Gasteiger partial charge in [-0.2, -0.15) is 0 Å². The molecule has 0 radical (unpaired) electrons. The van der Waals surface area contributed by atoms with Crippen molar-refractivity contribution in [3.8, 4) is 0 Å². The van der Waals surface area contributed by atoms with Crippen LogP contribution in [0.3, 0.4) is 0 Å². The molecule has 0 saturated carbocycles. The number of methoxy groups -OCH3 is 1. The van der Waals surface area contributed by atoms with Crippen LogP contribution in [0, 0.1) is 19.7 Å². The standard InChI is InChI=1S/C21H24FN3O3/c1-13-10-14(2)25(8-9-28-3)21(27)19(13)20(26)23-7-6-15-12-24-18-5-4-16(22)11-17(15)18/h4-5,10-12,24H,6-9H2,1-3H3,(H,23,26). The summed E-state index contributed by atoms with van der Waals surface area (Å²) >= 11 is 0. The molecule has 0 aliphatic carbocycles. The van der Waals surface area contributed by atoms with Gasteiger partial charge < -0.3 is 19.6 Å². The number of aryl methyl sites for hydroxylation is 2. The topological polar surface area (TPSA) is 76.1 Å². The number of pyridine rings is 1. The number of carbonyl (C=O) groups is 1. The summed E-state index contributed by atoms with van der Waals surface area (Å²) in [6.07, 6.45) is 2.34. The van der Waals surface area contributed by atoms with Gasteiger partial charge in [0, 0.05) is 43.0 Å². The number of H-pyrrole nitrogens is 1. The van der Waals surface area contributed by atoms with Crippen LogP contribution in [0.25, 0.3) is 10.9 Å². The molecular formula is C21H24FN3O3. The Morgan fingerprint density at radius 1 is 1.29 bits per heavy atom. The lowest BCUT2D eigenvalue weighted by Crippen LogP contribution is -2.36. The van der Waals surface area contributed by atoms with Gasteiger partial charge >= 0.3 is 0 Å². The predicted molar refractivity (Wildman–Crippen MR) is 106 cm³/mol. The molecule has 1 amide bonds. The lowest BCUT2D eigenvalue weighted by molar-refractivity contribution is 0.0951. The highest BCUT2D eigenvalue weighted by molar-refractivity contribution is 5.95. The molecule has 0 bridgehead atoms. The molecule has 1 aromatic carbocycles. The molecule has 2 aromatic heterocycles. The van der Waals surface area contributed by atoms with Crippen LogP contribution in [0.15, 0.2) is 35.3 Å². The Hall–Kier alpha value is -2.93. The van der Waals surface area contributed by atoms with Crippen molar-refractivity contribution in [2.75, 3.05) is 20.3 Å². The van der Waals surface area contributed by atoms with Gasteiger partial charge in [-0.1, -0.05) is 0 Å². The summed E-state index contributed by atoms with van der Waals surface area (Å²) < 4.78 is 20.1. The van der Waals surface area contributed by atoms with Crippen LogP contribution in [0.2, 0.25) is 0 Å². The second kappa shape index (κ2) is 8.39. The minimum atomic E-state index is -0.403. The highest BCUT2D eigenvalue weighted by atomic mass is 19.1. The first-order valence-electron chi connectivity index (χ1n) is 9.16. The molecule has 0 fully saturated rings. The summed E-state index contributed by atoms with van der Waals surface area (Å²) in [5, 5.41) is 3.60. The number of hydrogen-bond acceptors (Lipinski definition) is 3. The zero-order valence-electron chi connectivity index (χ0n) is 16.3. The van der Waals surface area contributed by atoms with Crippen molar-refractivity contribution in [3.05, 3.63) is 69.0 Å². The molecule has 0 aliphatic heterocycles. The Bertz CT molecular complexity index is 1070. The summed E-state index contributed by atoms with van der Waals surface area (Å²) in [6, 6.07) is 6.39. The normalized spacial score (nSPS) is 11.1. The van der Waals surface area contributed by atoms with E-state index in [-0.39, 0.29) is 16.9 Å². The maximum atomic E-state index is 13.5. The van der Waals surface area contributed by atoms with Gasteiger partial charge in [0.05, 0.1) is 6.61 Å². The molecule has 0 atom stereocenters. The number of amides is 1. The Balaban J connectivity index is 1.74. The zero-order chi connectivity index (χ0) is 20.3. The van der Waals surface area contributed by atoms with E-state index in [1.54, 1.807) is 24.7 Å². The SMILES string of the molecule is COCCn1c(C)cc(C)c(C(=O)NCCc2c[nH]c3ccc(F)cc23)c1=O. The average molecular weight is 385 g/mol. The highest BCUT2D eigenvalue weighted by Gasteiger charge is 2.17. The second-order valence-corrected chi connectivity index (χ2v) is 6.80. The number of nitrogens with zero attached hydrogens (tertiary/aromatic N) is 1. The van der Waals surface area contributed by atoms with E-state index in [2.05, 4.69) is 10.3 Å². The van der Waals surface area contributed by atoms with Gasteiger partial charge in [0.2, 0.25) is 0 Å². The Labute approximate surface area is 162 Å². The number of ether oxygens (including phenoxy) is 1. The van der Waals surface area contributed by atoms with E-state index in [1.807, 2.05) is 19.2 Å². The molecule has 0 saturated heterocycles. The summed E-state index contributed by atoms with van der Waals surface area (Å²) in [4.78, 5) is 28.5. The summed E-state index contributed by atoms with van der Waals surface area (Å²) in [5.74, 6) is -0.705. The lowest BCUT2D eigenvalue weighted by atomic mass is 10.1. The highest BCUT2D eigenvalue weighted by Crippen LogP contribution is 2.19. The van der Waals surface area contributed by atoms with Crippen molar-refractivity contribution in [3.63, 3.8) is 0 Å². The number of aromatic amines is 1. The molecular weight excluding hydrogens is 361 g/mol. The third-order valence-electron chi connectivity index (χ3n) is 4.86. The van der Waals surface area contributed by atoms with E-state index in [4.69, 9.17) is 4.74 Å². The molecule has 0 spiro atoms. The number of benzene rings is 1. The van der Waals surface area contributed by atoms with E-state index in [0.29, 0.717) is 31.7 Å². The van der Waals surface area contributed by atoms with Gasteiger partial charge in [-0.3, -0.25) is 9.59 Å². The molecule has 3 rings (SSSR count). The number of fused-ring (bicyclic) bond motifs is 1. The van der Waals surface area contributed by atoms with E-state index in [9.17, 15) is 14.0 Å². The van der Waals surface area contributed by atoms with Crippen molar-refractivity contribution < 1.29 is 13.9 Å². The van der Waals surface area contributed by atoms with Crippen LogP contribution < -0.4 is 10.9 Å². The Kier molecular flexibility index (Phi) is 5.94. The molecule has 28 heavy (non-hydrogen) atoms. The van der Waals surface area contributed by atoms with Gasteiger partial charge in [0.1, 0.15) is 11.4 Å². The maximum absolute atomic E-state index is 13.5. The van der Waals surface area contributed by atoms with E-state index >= 15 is 0 Å². The minimum absolute atomic E-state index is 0.145. The number of rotatable bonds is 7. The van der Waals surface area contributed by atoms with Crippen molar-refractivity contribution in [2.45, 2.75) is 26.8 Å². The van der Waals surface area contributed by atoms with Crippen LogP contribution in [0.1, 0.15) is 27.2 Å². The molecule has 3 aromatic rings. The second-order valence-electron chi connectivity index (χ2n) is 6.80. The van der Waals surface area contributed by atoms with Crippen molar-refractivity contribution in [1.29, 1.82) is 0 Å². The first kappa shape index (κ1) is 19.8. The molecule has 2 N–H and O–H groups in total. The van der Waals surface area contributed by atoms with Gasteiger partial charge in [-0.05, 0) is 55.7 Å². The van der Waals surface area contributed by atoms with Gasteiger partial charge in [-0.15, -0.1) is 0 Å². The zero-order valence-corrected chi connectivity index (χ0v) is 16.3. The Morgan fingerprint density at radius 2 is 2.07 bits per heavy atom. The fourth-order valence-electron chi connectivity index (χ4n) is 3.42. The van der Waals surface area contributed by atoms with Crippen LogP contribution in [0.5, 0.6) is 0 Å². The van der Waals surface area contributed by atoms with Crippen LogP contribution in [0.4, 0.5) is 4.39 Å². The van der Waals surface area contributed by atoms with Crippen LogP contribution >= 0.6 is 0 Å². The third kappa shape index (κ3) is 3.99. The Morgan fingerprint density at radius 3 is 2.82 bits per heavy atom. The molecule has 0 aliphatic rings. The molecule has 6 nitrogen and oxygen atoms in total. The summed E-state index contributed by atoms with van der Waals surface area (Å²) in [7, 11) is 1.57. The fraction of sp³-hybridized carbons (Fsp3) is 0.333. The molecule has 0 unspecified atom stereocenters. The number of hydrogen-bond donors (Lipinski definition) is 2. The first-order valence-corrected chi connectivity index (χ1v) is 9.16. The predicted octanol–water partition coefficient (Wildman–Crippen LogP) is 2.70. The van der Waals surface area contributed by atoms with Gasteiger partial charge in [0.15, 0.2) is 0 Å². The summed E-state index contributed by atoms with van der Waals surface area (Å²) in [5.41, 5.74) is 3.01. The quantitative estimate of drug-likeness (QED) is 0.657. The third-order valence-corrected chi connectivity index (χ3v) is 4.86. The van der Waals surface area contributed by atoms with E-state index < -0.39 is 5.91 Å². The monoisotopic (exact) mass is 385 g/mol. The van der Waals surface area contributed by atoms with Gasteiger partial charge in [0.25, 0.3) is 11.5 Å². The molecule has 148 valence electrons. The van der Waals surface area contributed by atoms with E-state index in [0.717, 1.165) is 22.2 Å². The van der Waals surface area contributed by atoms with Crippen LogP contribution in [-0.2, 0) is 17.7 Å². The minimum Gasteiger partial charge on any atom is -0.383 e. The van der Waals surface area contributed by atoms with E-state index in [1.165, 1.54) is 12.1 Å². The maximum Gasteiger partial charge on any atom is 0.263 e. The molecule has 2 heterocycles. The van der Waals surface area contributed by atoms with Crippen molar-refractivity contribution in [2.24, 2.45) is 0 Å². The summed E-state index contributed by atoms with van der Waals surface area (Å²) in [6.45, 7) is 4.71. The average Bonchev–Trinajstić information content (AvgIpc) is 3.03. The lowest BCUT2D eigenvalue weighted by Gasteiger charge is -2.14. The largest absolute Gasteiger partial charge is 0.383 e. The number of aromatic nitrogens is 2. The van der Waals surface area contributed by atoms with Gasteiger partial charge in [-0.25, -0.2) is 4.39 Å². The number of carbonyl (C=O) groups excluding carboxylic acids is 1. The first-order chi connectivity index (χ1) is 13.4.